The number of rotatable bonds is 7. The number of aliphatic carboxylic acids is 1. The van der Waals surface area contributed by atoms with Crippen LogP contribution in [-0.4, -0.2) is 41.7 Å². The van der Waals surface area contributed by atoms with E-state index in [0.29, 0.717) is 18.1 Å². The lowest BCUT2D eigenvalue weighted by atomic mass is 9.86. The van der Waals surface area contributed by atoms with Gasteiger partial charge >= 0.3 is 5.97 Å². The van der Waals surface area contributed by atoms with Gasteiger partial charge in [-0.2, -0.15) is 0 Å². The Kier molecular flexibility index (Phi) is 6.33. The zero-order valence-corrected chi connectivity index (χ0v) is 13.5. The number of aromatic nitrogens is 1. The highest BCUT2D eigenvalue weighted by Gasteiger charge is 2.30. The molecule has 1 fully saturated rings. The van der Waals surface area contributed by atoms with Crippen LogP contribution < -0.4 is 5.32 Å². The van der Waals surface area contributed by atoms with Gasteiger partial charge in [0.1, 0.15) is 4.88 Å². The molecule has 1 unspecified atom stereocenters. The summed E-state index contributed by atoms with van der Waals surface area (Å²) < 4.78 is 5.26. The van der Waals surface area contributed by atoms with Gasteiger partial charge in [-0.3, -0.25) is 9.59 Å². The number of ether oxygens (including phenoxy) is 1. The molecule has 7 heteroatoms. The monoisotopic (exact) mass is 326 g/mol. The third-order valence-corrected chi connectivity index (χ3v) is 4.93. The maximum absolute atomic E-state index is 12.1. The molecule has 2 rings (SSSR count). The largest absolute Gasteiger partial charge is 0.481 e. The van der Waals surface area contributed by atoms with Crippen LogP contribution in [0.1, 0.15) is 40.9 Å². The number of nitrogens with zero attached hydrogens (tertiary/aromatic N) is 1. The number of hydrogen-bond acceptors (Lipinski definition) is 5. The molecule has 1 aliphatic rings. The zero-order valence-electron chi connectivity index (χ0n) is 12.7. The van der Waals surface area contributed by atoms with Crippen LogP contribution in [0.5, 0.6) is 0 Å². The summed E-state index contributed by atoms with van der Waals surface area (Å²) >= 11 is 1.37. The van der Waals surface area contributed by atoms with E-state index in [2.05, 4.69) is 17.2 Å². The molecule has 1 aromatic rings. The van der Waals surface area contributed by atoms with Crippen molar-refractivity contribution in [1.29, 1.82) is 0 Å². The van der Waals surface area contributed by atoms with Crippen LogP contribution >= 0.6 is 11.3 Å². The molecular formula is C15H22N2O4S. The first-order chi connectivity index (χ1) is 10.6. The van der Waals surface area contributed by atoms with Gasteiger partial charge in [0, 0.05) is 19.8 Å². The standard InChI is InChI=1S/C15H22N2O4S/c1-2-3-13-16-9-12(22-13)14(18)17-8-11(15(19)20)10-4-6-21-7-5-10/h9-11H,2-8H2,1H3,(H,17,18)(H,19,20). The van der Waals surface area contributed by atoms with Crippen molar-refractivity contribution in [3.05, 3.63) is 16.1 Å². The van der Waals surface area contributed by atoms with E-state index in [1.807, 2.05) is 0 Å². The van der Waals surface area contributed by atoms with Gasteiger partial charge in [0.25, 0.3) is 5.91 Å². The zero-order chi connectivity index (χ0) is 15.9. The molecule has 1 saturated heterocycles. The van der Waals surface area contributed by atoms with E-state index in [1.165, 1.54) is 11.3 Å². The number of carboxylic acids is 1. The maximum Gasteiger partial charge on any atom is 0.308 e. The summed E-state index contributed by atoms with van der Waals surface area (Å²) in [5.41, 5.74) is 0. The molecule has 0 saturated carbocycles. The maximum atomic E-state index is 12.1. The van der Waals surface area contributed by atoms with Crippen LogP contribution in [0, 0.1) is 11.8 Å². The van der Waals surface area contributed by atoms with Crippen LogP contribution in [0.15, 0.2) is 6.20 Å². The molecule has 0 aliphatic carbocycles. The van der Waals surface area contributed by atoms with Crippen molar-refractivity contribution in [1.82, 2.24) is 10.3 Å². The molecule has 1 aromatic heterocycles. The molecule has 0 bridgehead atoms. The van der Waals surface area contributed by atoms with Gasteiger partial charge in [-0.15, -0.1) is 11.3 Å². The predicted octanol–water partition coefficient (Wildman–Crippen LogP) is 1.95. The average molecular weight is 326 g/mol. The molecule has 0 spiro atoms. The van der Waals surface area contributed by atoms with Gasteiger partial charge in [0.2, 0.25) is 0 Å². The smallest absolute Gasteiger partial charge is 0.308 e. The van der Waals surface area contributed by atoms with Crippen molar-refractivity contribution in [3.8, 4) is 0 Å². The number of carbonyl (C=O) groups excluding carboxylic acids is 1. The summed E-state index contributed by atoms with van der Waals surface area (Å²) in [6.07, 6.45) is 4.87. The molecule has 0 aromatic carbocycles. The summed E-state index contributed by atoms with van der Waals surface area (Å²) in [4.78, 5) is 28.3. The fourth-order valence-electron chi connectivity index (χ4n) is 2.61. The number of nitrogens with one attached hydrogen (secondary N) is 1. The second kappa shape index (κ2) is 8.24. The summed E-state index contributed by atoms with van der Waals surface area (Å²) in [5.74, 6) is -1.60. The minimum atomic E-state index is -0.858. The number of carboxylic acid groups (broad SMARTS) is 1. The highest BCUT2D eigenvalue weighted by molar-refractivity contribution is 7.13. The molecule has 2 N–H and O–H groups in total. The lowest BCUT2D eigenvalue weighted by Gasteiger charge is -2.27. The van der Waals surface area contributed by atoms with Gasteiger partial charge in [0.15, 0.2) is 0 Å². The quantitative estimate of drug-likeness (QED) is 0.799. The molecule has 2 heterocycles. The molecule has 1 amide bonds. The number of aryl methyl sites for hydroxylation is 1. The van der Waals surface area contributed by atoms with Crippen LogP contribution in [0.4, 0.5) is 0 Å². The predicted molar refractivity (Wildman–Crippen MR) is 83.1 cm³/mol. The third-order valence-electron chi connectivity index (χ3n) is 3.88. The van der Waals surface area contributed by atoms with Crippen molar-refractivity contribution in [3.63, 3.8) is 0 Å². The van der Waals surface area contributed by atoms with Gasteiger partial charge < -0.3 is 15.2 Å². The number of carbonyl (C=O) groups is 2. The van der Waals surface area contributed by atoms with Crippen molar-refractivity contribution >= 4 is 23.2 Å². The first-order valence-electron chi connectivity index (χ1n) is 7.65. The highest BCUT2D eigenvalue weighted by Crippen LogP contribution is 2.24. The van der Waals surface area contributed by atoms with Crippen LogP contribution in [-0.2, 0) is 16.0 Å². The first kappa shape index (κ1) is 16.9. The second-order valence-corrected chi connectivity index (χ2v) is 6.59. The van der Waals surface area contributed by atoms with Crippen molar-refractivity contribution < 1.29 is 19.4 Å². The number of thiazole rings is 1. The second-order valence-electron chi connectivity index (χ2n) is 5.47. The minimum absolute atomic E-state index is 0.0589. The average Bonchev–Trinajstić information content (AvgIpc) is 2.97. The fourth-order valence-corrected chi connectivity index (χ4v) is 3.54. The molecule has 6 nitrogen and oxygen atoms in total. The molecule has 1 aliphatic heterocycles. The van der Waals surface area contributed by atoms with Gasteiger partial charge in [0.05, 0.1) is 17.1 Å². The van der Waals surface area contributed by atoms with Crippen LogP contribution in [0.3, 0.4) is 0 Å². The van der Waals surface area contributed by atoms with Gasteiger partial charge in [-0.25, -0.2) is 4.98 Å². The Labute approximate surface area is 133 Å². The Bertz CT molecular complexity index is 511. The van der Waals surface area contributed by atoms with Crippen molar-refractivity contribution in [2.24, 2.45) is 11.8 Å². The lowest BCUT2D eigenvalue weighted by Crippen LogP contribution is -2.38. The summed E-state index contributed by atoms with van der Waals surface area (Å²) in [6, 6.07) is 0. The lowest BCUT2D eigenvalue weighted by molar-refractivity contribution is -0.144. The topological polar surface area (TPSA) is 88.5 Å². The fraction of sp³-hybridized carbons (Fsp3) is 0.667. The number of amides is 1. The molecule has 0 radical (unpaired) electrons. The van der Waals surface area contributed by atoms with E-state index in [9.17, 15) is 14.7 Å². The van der Waals surface area contributed by atoms with E-state index in [0.717, 1.165) is 30.7 Å². The van der Waals surface area contributed by atoms with E-state index in [4.69, 9.17) is 4.74 Å². The van der Waals surface area contributed by atoms with E-state index < -0.39 is 11.9 Å². The SMILES string of the molecule is CCCc1ncc(C(=O)NCC(C(=O)O)C2CCOCC2)s1. The Morgan fingerprint density at radius 3 is 2.86 bits per heavy atom. The third kappa shape index (κ3) is 4.51. The van der Waals surface area contributed by atoms with Crippen molar-refractivity contribution in [2.75, 3.05) is 19.8 Å². The summed E-state index contributed by atoms with van der Waals surface area (Å²) in [5, 5.41) is 13.1. The first-order valence-corrected chi connectivity index (χ1v) is 8.47. The van der Waals surface area contributed by atoms with E-state index >= 15 is 0 Å². The Morgan fingerprint density at radius 1 is 1.50 bits per heavy atom. The highest BCUT2D eigenvalue weighted by atomic mass is 32.1. The van der Waals surface area contributed by atoms with Crippen LogP contribution in [0.25, 0.3) is 0 Å². The minimum Gasteiger partial charge on any atom is -0.481 e. The Hall–Kier alpha value is -1.47. The Morgan fingerprint density at radius 2 is 2.23 bits per heavy atom. The molecule has 122 valence electrons. The summed E-state index contributed by atoms with van der Waals surface area (Å²) in [6.45, 7) is 3.40. The van der Waals surface area contributed by atoms with E-state index in [1.54, 1.807) is 6.20 Å². The molecule has 1 atom stereocenters. The van der Waals surface area contributed by atoms with E-state index in [-0.39, 0.29) is 18.4 Å². The molecule has 22 heavy (non-hydrogen) atoms. The normalized spacial score (nSPS) is 17.1. The summed E-state index contributed by atoms with van der Waals surface area (Å²) in [7, 11) is 0. The Balaban J connectivity index is 1.90. The van der Waals surface area contributed by atoms with Gasteiger partial charge in [-0.05, 0) is 31.6 Å². The molecular weight excluding hydrogens is 304 g/mol. The van der Waals surface area contributed by atoms with Crippen molar-refractivity contribution in [2.45, 2.75) is 32.6 Å². The van der Waals surface area contributed by atoms with Crippen LogP contribution in [0.2, 0.25) is 0 Å². The number of hydrogen-bond donors (Lipinski definition) is 2. The van der Waals surface area contributed by atoms with Gasteiger partial charge in [-0.1, -0.05) is 6.92 Å².